The van der Waals surface area contributed by atoms with Crippen LogP contribution in [0.25, 0.3) is 0 Å². The Balaban J connectivity index is 0. The molecule has 0 aromatic carbocycles. The van der Waals surface area contributed by atoms with Gasteiger partial charge in [-0.15, -0.1) is 11.3 Å². The molecule has 1 nitrogen and oxygen atoms in total. The number of rotatable bonds is 2. The van der Waals surface area contributed by atoms with Gasteiger partial charge < -0.3 is 0 Å². The molecule has 84 valence electrons. The summed E-state index contributed by atoms with van der Waals surface area (Å²) in [4.78, 5) is 5.70. The van der Waals surface area contributed by atoms with Gasteiger partial charge in [-0.1, -0.05) is 48.5 Å². The highest BCUT2D eigenvalue weighted by atomic mass is 32.1. The zero-order valence-corrected chi connectivity index (χ0v) is 11.5. The van der Waals surface area contributed by atoms with Crippen molar-refractivity contribution in [1.29, 1.82) is 0 Å². The van der Waals surface area contributed by atoms with E-state index in [1.165, 1.54) is 9.88 Å². The van der Waals surface area contributed by atoms with Gasteiger partial charge in [-0.05, 0) is 6.42 Å². The second-order valence-electron chi connectivity index (χ2n) is 2.67. The average molecular weight is 215 g/mol. The molecule has 0 unspecified atom stereocenters. The highest BCUT2D eigenvalue weighted by molar-refractivity contribution is 7.11. The fourth-order valence-electron chi connectivity index (χ4n) is 0.753. The molecular formula is C12H25NS. The number of hydrogen-bond donors (Lipinski definition) is 0. The highest BCUT2D eigenvalue weighted by Crippen LogP contribution is 2.20. The van der Waals surface area contributed by atoms with Crippen molar-refractivity contribution in [3.63, 3.8) is 0 Å². The van der Waals surface area contributed by atoms with E-state index >= 15 is 0 Å². The second kappa shape index (κ2) is 10.7. The lowest BCUT2D eigenvalue weighted by Crippen LogP contribution is -1.81. The summed E-state index contributed by atoms with van der Waals surface area (Å²) in [7, 11) is 0. The van der Waals surface area contributed by atoms with Gasteiger partial charge in [0.1, 0.15) is 0 Å². The van der Waals surface area contributed by atoms with E-state index in [1.54, 1.807) is 0 Å². The molecule has 0 saturated heterocycles. The van der Waals surface area contributed by atoms with Crippen molar-refractivity contribution < 1.29 is 0 Å². The normalized spacial score (nSPS) is 8.57. The topological polar surface area (TPSA) is 12.9 Å². The molecule has 0 fully saturated rings. The molecule has 1 aromatic heterocycles. The maximum Gasteiger partial charge on any atom is 0.0953 e. The standard InChI is InChI=1S/C8H13NS.2C2H6/c1-4-7-5-9-8(10-7)6(2)3;2*1-2/h5-6H,4H2,1-3H3;2*1-2H3. The summed E-state index contributed by atoms with van der Waals surface area (Å²) in [6.07, 6.45) is 3.10. The van der Waals surface area contributed by atoms with Crippen molar-refractivity contribution in [3.8, 4) is 0 Å². The van der Waals surface area contributed by atoms with E-state index < -0.39 is 0 Å². The molecule has 0 aliphatic heterocycles. The lowest BCUT2D eigenvalue weighted by atomic mass is 10.2. The predicted molar refractivity (Wildman–Crippen MR) is 68.3 cm³/mol. The van der Waals surface area contributed by atoms with E-state index in [-0.39, 0.29) is 0 Å². The number of thiazole rings is 1. The third kappa shape index (κ3) is 6.14. The van der Waals surface area contributed by atoms with Gasteiger partial charge in [0.25, 0.3) is 0 Å². The van der Waals surface area contributed by atoms with Crippen LogP contribution in [0.15, 0.2) is 6.20 Å². The van der Waals surface area contributed by atoms with Crippen molar-refractivity contribution in [2.45, 2.75) is 60.8 Å². The SMILES string of the molecule is CC.CC.CCc1cnc(C(C)C)s1. The van der Waals surface area contributed by atoms with Crippen LogP contribution >= 0.6 is 11.3 Å². The Morgan fingerprint density at radius 1 is 1.21 bits per heavy atom. The Morgan fingerprint density at radius 2 is 1.71 bits per heavy atom. The zero-order chi connectivity index (χ0) is 11.6. The third-order valence-electron chi connectivity index (χ3n) is 1.41. The molecule has 1 aromatic rings. The van der Waals surface area contributed by atoms with Crippen LogP contribution in [0, 0.1) is 0 Å². The number of nitrogens with zero attached hydrogens (tertiary/aromatic N) is 1. The van der Waals surface area contributed by atoms with Crippen LogP contribution in [0.5, 0.6) is 0 Å². The second-order valence-corrected chi connectivity index (χ2v) is 3.82. The first-order valence-electron chi connectivity index (χ1n) is 5.68. The Kier molecular flexibility index (Phi) is 12.3. The molecule has 0 amide bonds. The number of hydrogen-bond acceptors (Lipinski definition) is 2. The molecular weight excluding hydrogens is 190 g/mol. The maximum absolute atomic E-state index is 4.31. The molecule has 1 rings (SSSR count). The summed E-state index contributed by atoms with van der Waals surface area (Å²) in [6, 6.07) is 0. The molecule has 0 bridgehead atoms. The quantitative estimate of drug-likeness (QED) is 0.685. The molecule has 0 saturated carbocycles. The van der Waals surface area contributed by atoms with E-state index in [4.69, 9.17) is 0 Å². The van der Waals surface area contributed by atoms with E-state index in [9.17, 15) is 0 Å². The Hall–Kier alpha value is -0.370. The molecule has 2 heteroatoms. The maximum atomic E-state index is 4.31. The van der Waals surface area contributed by atoms with Gasteiger partial charge in [-0.25, -0.2) is 4.98 Å². The zero-order valence-electron chi connectivity index (χ0n) is 10.7. The Labute approximate surface area is 93.6 Å². The third-order valence-corrected chi connectivity index (χ3v) is 2.86. The first-order valence-corrected chi connectivity index (χ1v) is 6.50. The molecule has 0 radical (unpaired) electrons. The summed E-state index contributed by atoms with van der Waals surface area (Å²) in [5, 5.41) is 1.26. The summed E-state index contributed by atoms with van der Waals surface area (Å²) >= 11 is 1.83. The number of aromatic nitrogens is 1. The largest absolute Gasteiger partial charge is 0.249 e. The summed E-state index contributed by atoms with van der Waals surface area (Å²) in [5.41, 5.74) is 0. The van der Waals surface area contributed by atoms with Crippen LogP contribution in [-0.2, 0) is 6.42 Å². The van der Waals surface area contributed by atoms with Crippen LogP contribution < -0.4 is 0 Å². The minimum atomic E-state index is 0.588. The van der Waals surface area contributed by atoms with Gasteiger partial charge in [0, 0.05) is 17.0 Å². The van der Waals surface area contributed by atoms with Gasteiger partial charge in [0.2, 0.25) is 0 Å². The van der Waals surface area contributed by atoms with Crippen LogP contribution in [0.3, 0.4) is 0 Å². The molecule has 0 N–H and O–H groups in total. The number of aryl methyl sites for hydroxylation is 1. The first-order chi connectivity index (χ1) is 6.74. The lowest BCUT2D eigenvalue weighted by molar-refractivity contribution is 0.852. The van der Waals surface area contributed by atoms with E-state index in [2.05, 4.69) is 25.8 Å². The van der Waals surface area contributed by atoms with E-state index in [0.717, 1.165) is 6.42 Å². The molecule has 1 heterocycles. The summed E-state index contributed by atoms with van der Waals surface area (Å²) < 4.78 is 0. The molecule has 0 aliphatic carbocycles. The monoisotopic (exact) mass is 215 g/mol. The van der Waals surface area contributed by atoms with Crippen LogP contribution in [0.1, 0.15) is 64.3 Å². The fraction of sp³-hybridized carbons (Fsp3) is 0.750. The van der Waals surface area contributed by atoms with E-state index in [1.807, 2.05) is 45.2 Å². The van der Waals surface area contributed by atoms with Crippen molar-refractivity contribution in [2.24, 2.45) is 0 Å². The van der Waals surface area contributed by atoms with Gasteiger partial charge >= 0.3 is 0 Å². The van der Waals surface area contributed by atoms with Crippen molar-refractivity contribution in [2.75, 3.05) is 0 Å². The van der Waals surface area contributed by atoms with Gasteiger partial charge in [-0.3, -0.25) is 0 Å². The minimum absolute atomic E-state index is 0.588. The van der Waals surface area contributed by atoms with Crippen molar-refractivity contribution in [1.82, 2.24) is 4.98 Å². The molecule has 0 aliphatic rings. The minimum Gasteiger partial charge on any atom is -0.249 e. The smallest absolute Gasteiger partial charge is 0.0953 e. The van der Waals surface area contributed by atoms with E-state index in [0.29, 0.717) is 5.92 Å². The van der Waals surface area contributed by atoms with Crippen LogP contribution in [0.4, 0.5) is 0 Å². The van der Waals surface area contributed by atoms with Crippen molar-refractivity contribution >= 4 is 11.3 Å². The summed E-state index contributed by atoms with van der Waals surface area (Å²) in [6.45, 7) is 14.5. The van der Waals surface area contributed by atoms with Gasteiger partial charge in [0.05, 0.1) is 5.01 Å². The predicted octanol–water partition coefficient (Wildman–Crippen LogP) is 4.88. The van der Waals surface area contributed by atoms with Crippen molar-refractivity contribution in [3.05, 3.63) is 16.1 Å². The summed E-state index contributed by atoms with van der Waals surface area (Å²) in [5.74, 6) is 0.588. The average Bonchev–Trinajstić information content (AvgIpc) is 2.72. The highest BCUT2D eigenvalue weighted by Gasteiger charge is 2.03. The van der Waals surface area contributed by atoms with Crippen LogP contribution in [0.2, 0.25) is 0 Å². The first kappa shape index (κ1) is 16.1. The molecule has 0 spiro atoms. The lowest BCUT2D eigenvalue weighted by Gasteiger charge is -1.94. The Bertz CT molecular complexity index is 204. The van der Waals surface area contributed by atoms with Gasteiger partial charge in [-0.2, -0.15) is 0 Å². The molecule has 0 atom stereocenters. The molecule has 14 heavy (non-hydrogen) atoms. The fourth-order valence-corrected chi connectivity index (χ4v) is 1.61. The Morgan fingerprint density at radius 3 is 1.93 bits per heavy atom. The van der Waals surface area contributed by atoms with Gasteiger partial charge in [0.15, 0.2) is 0 Å². The van der Waals surface area contributed by atoms with Crippen LogP contribution in [-0.4, -0.2) is 4.98 Å².